The highest BCUT2D eigenvalue weighted by atomic mass is 16.5. The second-order valence-electron chi connectivity index (χ2n) is 7.02. The first-order valence-corrected chi connectivity index (χ1v) is 11.0. The van der Waals surface area contributed by atoms with Crippen LogP contribution in [0.3, 0.4) is 0 Å². The average molecular weight is 407 g/mol. The first-order valence-electron chi connectivity index (χ1n) is 11.0. The van der Waals surface area contributed by atoms with Crippen molar-refractivity contribution in [2.75, 3.05) is 7.11 Å². The van der Waals surface area contributed by atoms with Crippen molar-refractivity contribution >= 4 is 0 Å². The molecule has 0 radical (unpaired) electrons. The smallest absolute Gasteiger partial charge is 0.123 e. The van der Waals surface area contributed by atoms with Gasteiger partial charge in [0.15, 0.2) is 0 Å². The van der Waals surface area contributed by atoms with Crippen LogP contribution in [0, 0.1) is 0 Å². The number of aliphatic hydroxyl groups excluding tert-OH is 1. The van der Waals surface area contributed by atoms with Crippen LogP contribution in [0.25, 0.3) is 0 Å². The van der Waals surface area contributed by atoms with Gasteiger partial charge in [-0.2, -0.15) is 0 Å². The molecular weight excluding hydrogens is 368 g/mol. The van der Waals surface area contributed by atoms with Gasteiger partial charge in [0.2, 0.25) is 0 Å². The Balaban J connectivity index is 0.000000691. The van der Waals surface area contributed by atoms with E-state index in [4.69, 9.17) is 9.84 Å². The summed E-state index contributed by atoms with van der Waals surface area (Å²) in [5.74, 6) is 1.55. The molecule has 1 N–H and O–H groups in total. The Morgan fingerprint density at radius 1 is 0.633 bits per heavy atom. The van der Waals surface area contributed by atoms with Gasteiger partial charge in [-0.25, -0.2) is 0 Å². The number of rotatable bonds is 2. The molecule has 0 unspecified atom stereocenters. The largest absolute Gasteiger partial charge is 0.487 e. The molecule has 162 valence electrons. The highest BCUT2D eigenvalue weighted by Crippen LogP contribution is 2.52. The lowest BCUT2D eigenvalue weighted by Gasteiger charge is -2.45. The number of hydrogen-bond acceptors (Lipinski definition) is 2. The minimum atomic E-state index is -0.282. The Morgan fingerprint density at radius 3 is 1.60 bits per heavy atom. The van der Waals surface area contributed by atoms with Crippen molar-refractivity contribution in [1.82, 2.24) is 0 Å². The Kier molecular flexibility index (Phi) is 10.9. The number of para-hydroxylation sites is 1. The second-order valence-corrected chi connectivity index (χ2v) is 7.02. The molecule has 0 saturated carbocycles. The van der Waals surface area contributed by atoms with Gasteiger partial charge in [0, 0.05) is 24.5 Å². The summed E-state index contributed by atoms with van der Waals surface area (Å²) in [6.45, 7) is 12.4. The Morgan fingerprint density at radius 2 is 1.07 bits per heavy atom. The van der Waals surface area contributed by atoms with E-state index in [1.165, 1.54) is 16.7 Å². The molecule has 1 heterocycles. The molecule has 30 heavy (non-hydrogen) atoms. The van der Waals surface area contributed by atoms with Gasteiger partial charge in [-0.05, 0) is 31.0 Å². The molecule has 2 atom stereocenters. The zero-order valence-electron chi connectivity index (χ0n) is 19.6. The maximum absolute atomic E-state index is 7.00. The lowest BCUT2D eigenvalue weighted by atomic mass is 9.68. The minimum absolute atomic E-state index is 0.260. The number of benzene rings is 3. The van der Waals surface area contributed by atoms with Crippen LogP contribution in [0.1, 0.15) is 70.1 Å². The van der Waals surface area contributed by atoms with E-state index in [1.54, 1.807) is 0 Å². The summed E-state index contributed by atoms with van der Waals surface area (Å²) < 4.78 is 6.44. The van der Waals surface area contributed by atoms with E-state index in [2.05, 4.69) is 98.8 Å². The van der Waals surface area contributed by atoms with Gasteiger partial charge in [-0.3, -0.25) is 0 Å². The lowest BCUT2D eigenvalue weighted by Crippen LogP contribution is -2.43. The van der Waals surface area contributed by atoms with E-state index < -0.39 is 0 Å². The summed E-state index contributed by atoms with van der Waals surface area (Å²) in [5.41, 5.74) is 3.66. The topological polar surface area (TPSA) is 29.5 Å². The first kappa shape index (κ1) is 25.5. The maximum atomic E-state index is 7.00. The van der Waals surface area contributed by atoms with Gasteiger partial charge in [-0.15, -0.1) is 0 Å². The summed E-state index contributed by atoms with van der Waals surface area (Å²) in [7, 11) is 1.00. The summed E-state index contributed by atoms with van der Waals surface area (Å²) >= 11 is 0. The summed E-state index contributed by atoms with van der Waals surface area (Å²) in [5, 5.41) is 7.00. The molecule has 0 aliphatic carbocycles. The van der Waals surface area contributed by atoms with Gasteiger partial charge in [-0.1, -0.05) is 107 Å². The standard InChI is InChI=1S/C23H22O.2C2H6.CH4O/c1-23(2)22(18-13-7-4-8-14-18)21(17-11-5-3-6-12-17)19-15-9-10-16-20(19)24-23;3*1-2/h3-16,21-22H,1-2H3;2*1-2H3;2H,1H3/t21-,22-;;;/m1.../s1. The second kappa shape index (κ2) is 12.9. The third kappa shape index (κ3) is 5.73. The SMILES string of the molecule is CC.CC.CC1(C)Oc2ccccc2[C@@H](c2ccccc2)[C@H]1c1ccccc1.CO. The van der Waals surface area contributed by atoms with E-state index in [-0.39, 0.29) is 17.4 Å². The molecule has 0 spiro atoms. The molecule has 3 aromatic carbocycles. The van der Waals surface area contributed by atoms with E-state index in [1.807, 2.05) is 27.7 Å². The van der Waals surface area contributed by atoms with Crippen LogP contribution in [0.4, 0.5) is 0 Å². The van der Waals surface area contributed by atoms with Crippen molar-refractivity contribution in [3.63, 3.8) is 0 Å². The molecule has 0 aromatic heterocycles. The predicted molar refractivity (Wildman–Crippen MR) is 129 cm³/mol. The fraction of sp³-hybridized carbons (Fsp3) is 0.357. The number of fused-ring (bicyclic) bond motifs is 1. The van der Waals surface area contributed by atoms with Crippen molar-refractivity contribution in [3.05, 3.63) is 102 Å². The quantitative estimate of drug-likeness (QED) is 0.479. The van der Waals surface area contributed by atoms with E-state index >= 15 is 0 Å². The number of ether oxygens (including phenoxy) is 1. The van der Waals surface area contributed by atoms with Crippen molar-refractivity contribution in [3.8, 4) is 5.75 Å². The van der Waals surface area contributed by atoms with Crippen LogP contribution in [-0.4, -0.2) is 17.8 Å². The Bertz CT molecular complexity index is 826. The highest BCUT2D eigenvalue weighted by molar-refractivity contribution is 5.49. The van der Waals surface area contributed by atoms with E-state index in [0.29, 0.717) is 0 Å². The zero-order valence-corrected chi connectivity index (χ0v) is 19.6. The molecule has 0 amide bonds. The van der Waals surface area contributed by atoms with E-state index in [0.717, 1.165) is 12.9 Å². The van der Waals surface area contributed by atoms with Gasteiger partial charge >= 0.3 is 0 Å². The minimum Gasteiger partial charge on any atom is -0.487 e. The fourth-order valence-corrected chi connectivity index (χ4v) is 4.04. The van der Waals surface area contributed by atoms with Crippen molar-refractivity contribution in [2.24, 2.45) is 0 Å². The molecule has 2 nitrogen and oxygen atoms in total. The lowest BCUT2D eigenvalue weighted by molar-refractivity contribution is 0.0531. The maximum Gasteiger partial charge on any atom is 0.123 e. The summed E-state index contributed by atoms with van der Waals surface area (Å²) in [6, 6.07) is 30.0. The molecule has 0 fully saturated rings. The number of aliphatic hydroxyl groups is 1. The third-order valence-electron chi connectivity index (χ3n) is 5.03. The molecule has 1 aliphatic rings. The van der Waals surface area contributed by atoms with Gasteiger partial charge < -0.3 is 9.84 Å². The zero-order chi connectivity index (χ0) is 22.6. The molecular formula is C28H38O2. The van der Waals surface area contributed by atoms with Gasteiger partial charge in [0.25, 0.3) is 0 Å². The van der Waals surface area contributed by atoms with Gasteiger partial charge in [0.1, 0.15) is 11.4 Å². The van der Waals surface area contributed by atoms with Crippen LogP contribution in [0.2, 0.25) is 0 Å². The molecule has 3 aromatic rings. The van der Waals surface area contributed by atoms with E-state index in [9.17, 15) is 0 Å². The summed E-state index contributed by atoms with van der Waals surface area (Å²) in [4.78, 5) is 0. The van der Waals surface area contributed by atoms with Crippen molar-refractivity contribution in [2.45, 2.75) is 59.0 Å². The molecule has 0 saturated heterocycles. The van der Waals surface area contributed by atoms with Crippen LogP contribution >= 0.6 is 0 Å². The monoisotopic (exact) mass is 406 g/mol. The normalized spacial score (nSPS) is 17.9. The molecule has 0 bridgehead atoms. The Hall–Kier alpha value is -2.58. The third-order valence-corrected chi connectivity index (χ3v) is 5.03. The van der Waals surface area contributed by atoms with Crippen LogP contribution in [0.5, 0.6) is 5.75 Å². The molecule has 4 rings (SSSR count). The first-order chi connectivity index (χ1) is 14.7. The molecule has 2 heteroatoms. The van der Waals surface area contributed by atoms with Crippen LogP contribution in [-0.2, 0) is 0 Å². The van der Waals surface area contributed by atoms with Gasteiger partial charge in [0.05, 0.1) is 0 Å². The van der Waals surface area contributed by atoms with Crippen LogP contribution in [0.15, 0.2) is 84.9 Å². The molecule has 1 aliphatic heterocycles. The predicted octanol–water partition coefficient (Wildman–Crippen LogP) is 7.43. The fourth-order valence-electron chi connectivity index (χ4n) is 4.04. The van der Waals surface area contributed by atoms with Crippen molar-refractivity contribution in [1.29, 1.82) is 0 Å². The number of hydrogen-bond donors (Lipinski definition) is 1. The average Bonchev–Trinajstić information content (AvgIpc) is 2.82. The Labute approximate surface area is 183 Å². The highest BCUT2D eigenvalue weighted by Gasteiger charge is 2.44. The summed E-state index contributed by atoms with van der Waals surface area (Å²) in [6.07, 6.45) is 0. The van der Waals surface area contributed by atoms with Crippen molar-refractivity contribution < 1.29 is 9.84 Å². The van der Waals surface area contributed by atoms with Crippen LogP contribution < -0.4 is 4.74 Å².